The van der Waals surface area contributed by atoms with Gasteiger partial charge in [0, 0.05) is 11.9 Å². The van der Waals surface area contributed by atoms with Crippen LogP contribution in [0.2, 0.25) is 0 Å². The third-order valence-electron chi connectivity index (χ3n) is 2.35. The molecular formula is C14H12N2S. The maximum atomic E-state index is 8.96. The summed E-state index contributed by atoms with van der Waals surface area (Å²) in [7, 11) is 0. The lowest BCUT2D eigenvalue weighted by Gasteiger charge is -2.03. The number of aromatic nitrogens is 1. The molecule has 0 atom stereocenters. The van der Waals surface area contributed by atoms with Crippen molar-refractivity contribution in [3.8, 4) is 6.07 Å². The number of aryl methyl sites for hydroxylation is 1. The molecule has 17 heavy (non-hydrogen) atoms. The van der Waals surface area contributed by atoms with E-state index in [4.69, 9.17) is 5.26 Å². The fourth-order valence-electron chi connectivity index (χ4n) is 1.54. The highest BCUT2D eigenvalue weighted by Crippen LogP contribution is 2.23. The van der Waals surface area contributed by atoms with Gasteiger partial charge in [0.25, 0.3) is 0 Å². The molecule has 0 saturated heterocycles. The van der Waals surface area contributed by atoms with Gasteiger partial charge in [-0.2, -0.15) is 5.26 Å². The van der Waals surface area contributed by atoms with E-state index >= 15 is 0 Å². The van der Waals surface area contributed by atoms with Gasteiger partial charge < -0.3 is 0 Å². The summed E-state index contributed by atoms with van der Waals surface area (Å²) in [6, 6.07) is 14.1. The third kappa shape index (κ3) is 3.08. The molecule has 0 bridgehead atoms. The number of rotatable bonds is 3. The first kappa shape index (κ1) is 11.7. The fraction of sp³-hybridized carbons (Fsp3) is 0.143. The quantitative estimate of drug-likeness (QED) is 0.770. The first-order chi connectivity index (χ1) is 8.29. The molecule has 1 aromatic heterocycles. The monoisotopic (exact) mass is 240 g/mol. The van der Waals surface area contributed by atoms with Crippen molar-refractivity contribution < 1.29 is 0 Å². The van der Waals surface area contributed by atoms with Gasteiger partial charge in [0.05, 0.1) is 5.56 Å². The Bertz CT molecular complexity index is 558. The Labute approximate surface area is 105 Å². The van der Waals surface area contributed by atoms with Gasteiger partial charge >= 0.3 is 0 Å². The average Bonchev–Trinajstić information content (AvgIpc) is 2.37. The molecule has 0 aliphatic rings. The molecule has 3 heteroatoms. The molecule has 1 aromatic carbocycles. The maximum absolute atomic E-state index is 8.96. The van der Waals surface area contributed by atoms with E-state index in [9.17, 15) is 0 Å². The Morgan fingerprint density at radius 1 is 1.29 bits per heavy atom. The summed E-state index contributed by atoms with van der Waals surface area (Å²) in [6.45, 7) is 2.08. The van der Waals surface area contributed by atoms with Crippen LogP contribution in [0.1, 0.15) is 16.7 Å². The summed E-state index contributed by atoms with van der Waals surface area (Å²) in [5.74, 6) is 0.841. The van der Waals surface area contributed by atoms with Gasteiger partial charge in [-0.1, -0.05) is 29.8 Å². The number of hydrogen-bond donors (Lipinski definition) is 0. The van der Waals surface area contributed by atoms with Crippen LogP contribution >= 0.6 is 11.8 Å². The van der Waals surface area contributed by atoms with Gasteiger partial charge in [-0.05, 0) is 24.6 Å². The lowest BCUT2D eigenvalue weighted by atomic mass is 10.2. The predicted octanol–water partition coefficient (Wildman–Crippen LogP) is 3.55. The van der Waals surface area contributed by atoms with Crippen LogP contribution in [0.4, 0.5) is 0 Å². The number of pyridine rings is 1. The second-order valence-corrected chi connectivity index (χ2v) is 4.71. The van der Waals surface area contributed by atoms with Crippen molar-refractivity contribution in [1.82, 2.24) is 4.98 Å². The van der Waals surface area contributed by atoms with Gasteiger partial charge in [-0.25, -0.2) is 4.98 Å². The van der Waals surface area contributed by atoms with E-state index in [1.165, 1.54) is 11.1 Å². The summed E-state index contributed by atoms with van der Waals surface area (Å²) in [5.41, 5.74) is 3.15. The Morgan fingerprint density at radius 2 is 2.18 bits per heavy atom. The number of nitriles is 1. The van der Waals surface area contributed by atoms with Crippen molar-refractivity contribution in [3.05, 3.63) is 59.3 Å². The molecule has 0 amide bonds. The zero-order valence-electron chi connectivity index (χ0n) is 9.55. The van der Waals surface area contributed by atoms with Crippen molar-refractivity contribution in [2.45, 2.75) is 17.7 Å². The van der Waals surface area contributed by atoms with E-state index < -0.39 is 0 Å². The van der Waals surface area contributed by atoms with Crippen molar-refractivity contribution in [2.75, 3.05) is 0 Å². The van der Waals surface area contributed by atoms with E-state index in [0.29, 0.717) is 5.56 Å². The summed E-state index contributed by atoms with van der Waals surface area (Å²) in [5, 5.41) is 9.76. The van der Waals surface area contributed by atoms with E-state index in [1.807, 2.05) is 0 Å². The largest absolute Gasteiger partial charge is 0.249 e. The molecule has 0 spiro atoms. The van der Waals surface area contributed by atoms with Crippen LogP contribution in [0.5, 0.6) is 0 Å². The van der Waals surface area contributed by atoms with Crippen molar-refractivity contribution in [3.63, 3.8) is 0 Å². The Balaban J connectivity index is 2.10. The van der Waals surface area contributed by atoms with Gasteiger partial charge in [-0.3, -0.25) is 0 Å². The van der Waals surface area contributed by atoms with Crippen LogP contribution in [-0.4, -0.2) is 4.98 Å². The van der Waals surface area contributed by atoms with E-state index in [2.05, 4.69) is 42.2 Å². The van der Waals surface area contributed by atoms with Crippen molar-refractivity contribution in [1.29, 1.82) is 5.26 Å². The van der Waals surface area contributed by atoms with Crippen LogP contribution < -0.4 is 0 Å². The normalized spacial score (nSPS) is 9.88. The minimum atomic E-state index is 0.644. The fourth-order valence-corrected chi connectivity index (χ4v) is 2.43. The smallest absolute Gasteiger partial charge is 0.114 e. The number of nitrogens with zero attached hydrogens (tertiary/aromatic N) is 2. The van der Waals surface area contributed by atoms with Crippen LogP contribution in [0, 0.1) is 18.3 Å². The van der Waals surface area contributed by atoms with Gasteiger partial charge in [0.2, 0.25) is 0 Å². The third-order valence-corrected chi connectivity index (χ3v) is 3.43. The lowest BCUT2D eigenvalue weighted by Crippen LogP contribution is -1.87. The van der Waals surface area contributed by atoms with Crippen LogP contribution in [-0.2, 0) is 5.75 Å². The Kier molecular flexibility index (Phi) is 3.79. The van der Waals surface area contributed by atoms with Crippen LogP contribution in [0.15, 0.2) is 47.6 Å². The Hall–Kier alpha value is -1.79. The highest BCUT2D eigenvalue weighted by molar-refractivity contribution is 7.98. The molecule has 2 aromatic rings. The van der Waals surface area contributed by atoms with Crippen LogP contribution in [0.25, 0.3) is 0 Å². The van der Waals surface area contributed by atoms with Crippen LogP contribution in [0.3, 0.4) is 0 Å². The second kappa shape index (κ2) is 5.51. The molecule has 0 radical (unpaired) electrons. The lowest BCUT2D eigenvalue weighted by molar-refractivity contribution is 1.11. The zero-order valence-corrected chi connectivity index (χ0v) is 10.4. The van der Waals surface area contributed by atoms with Crippen molar-refractivity contribution in [2.24, 2.45) is 0 Å². The minimum absolute atomic E-state index is 0.644. The summed E-state index contributed by atoms with van der Waals surface area (Å²) in [4.78, 5) is 4.23. The molecule has 2 nitrogen and oxygen atoms in total. The number of thioether (sulfide) groups is 1. The predicted molar refractivity (Wildman–Crippen MR) is 69.7 cm³/mol. The highest BCUT2D eigenvalue weighted by Gasteiger charge is 2.03. The molecule has 0 N–H and O–H groups in total. The minimum Gasteiger partial charge on any atom is -0.249 e. The molecule has 0 aliphatic carbocycles. The molecule has 84 valence electrons. The molecule has 0 fully saturated rings. The van der Waals surface area contributed by atoms with E-state index in [-0.39, 0.29) is 0 Å². The van der Waals surface area contributed by atoms with E-state index in [1.54, 1.807) is 30.1 Å². The SMILES string of the molecule is Cc1cccc(CSc2ncccc2C#N)c1. The standard InChI is InChI=1S/C14H12N2S/c1-11-4-2-5-12(8-11)10-17-14-13(9-15)6-3-7-16-14/h2-8H,10H2,1H3. The molecule has 0 aliphatic heterocycles. The van der Waals surface area contributed by atoms with Gasteiger partial charge in [-0.15, -0.1) is 11.8 Å². The molecule has 0 saturated carbocycles. The zero-order chi connectivity index (χ0) is 12.1. The summed E-state index contributed by atoms with van der Waals surface area (Å²) in [6.07, 6.45) is 1.72. The molecule has 2 rings (SSSR count). The second-order valence-electron chi connectivity index (χ2n) is 3.75. The summed E-state index contributed by atoms with van der Waals surface area (Å²) < 4.78 is 0. The number of hydrogen-bond acceptors (Lipinski definition) is 3. The number of benzene rings is 1. The molecule has 1 heterocycles. The summed E-state index contributed by atoms with van der Waals surface area (Å²) >= 11 is 1.60. The Morgan fingerprint density at radius 3 is 2.94 bits per heavy atom. The van der Waals surface area contributed by atoms with E-state index in [0.717, 1.165) is 10.8 Å². The average molecular weight is 240 g/mol. The molecule has 0 unspecified atom stereocenters. The highest BCUT2D eigenvalue weighted by atomic mass is 32.2. The maximum Gasteiger partial charge on any atom is 0.114 e. The molecular weight excluding hydrogens is 228 g/mol. The first-order valence-corrected chi connectivity index (χ1v) is 6.31. The first-order valence-electron chi connectivity index (χ1n) is 5.33. The van der Waals surface area contributed by atoms with Gasteiger partial charge in [0.15, 0.2) is 0 Å². The topological polar surface area (TPSA) is 36.7 Å². The van der Waals surface area contributed by atoms with Gasteiger partial charge in [0.1, 0.15) is 11.1 Å². The van der Waals surface area contributed by atoms with Crippen molar-refractivity contribution >= 4 is 11.8 Å².